The van der Waals surface area contributed by atoms with Gasteiger partial charge < -0.3 is 15.2 Å². The maximum Gasteiger partial charge on any atom is 0.252 e. The fraction of sp³-hybridized carbons (Fsp3) is 0.750. The highest BCUT2D eigenvalue weighted by molar-refractivity contribution is 5.38. The zero-order chi connectivity index (χ0) is 14.8. The van der Waals surface area contributed by atoms with Gasteiger partial charge in [0.15, 0.2) is 0 Å². The van der Waals surface area contributed by atoms with Crippen molar-refractivity contribution in [2.75, 3.05) is 24.5 Å². The van der Waals surface area contributed by atoms with Gasteiger partial charge in [-0.3, -0.25) is 4.79 Å². The normalized spacial score (nSPS) is 22.8. The first kappa shape index (κ1) is 14.6. The van der Waals surface area contributed by atoms with Crippen LogP contribution in [0.3, 0.4) is 0 Å². The summed E-state index contributed by atoms with van der Waals surface area (Å²) in [6.07, 6.45) is 5.13. The van der Waals surface area contributed by atoms with Crippen LogP contribution in [0.15, 0.2) is 10.9 Å². The van der Waals surface area contributed by atoms with Gasteiger partial charge in [-0.05, 0) is 38.1 Å². The van der Waals surface area contributed by atoms with E-state index in [9.17, 15) is 4.79 Å². The second-order valence-corrected chi connectivity index (χ2v) is 6.78. The van der Waals surface area contributed by atoms with Crippen LogP contribution in [0.4, 0.5) is 5.82 Å². The molecule has 1 aromatic rings. The number of anilines is 1. The third kappa shape index (κ3) is 3.84. The van der Waals surface area contributed by atoms with Gasteiger partial charge in [0.25, 0.3) is 5.56 Å². The Labute approximate surface area is 126 Å². The number of H-pyrrole nitrogens is 1. The molecule has 1 aromatic heterocycles. The predicted molar refractivity (Wildman–Crippen MR) is 84.9 cm³/mol. The molecule has 5 heteroatoms. The van der Waals surface area contributed by atoms with E-state index in [0.29, 0.717) is 5.92 Å². The van der Waals surface area contributed by atoms with Gasteiger partial charge in [-0.25, -0.2) is 4.98 Å². The number of hydrogen-bond acceptors (Lipinski definition) is 4. The summed E-state index contributed by atoms with van der Waals surface area (Å²) in [5.41, 5.74) is -0.0399. The Balaban J connectivity index is 1.68. The molecule has 0 spiro atoms. The van der Waals surface area contributed by atoms with Crippen LogP contribution in [-0.2, 0) is 0 Å². The predicted octanol–water partition coefficient (Wildman–Crippen LogP) is 1.86. The Kier molecular flexibility index (Phi) is 4.29. The largest absolute Gasteiger partial charge is 0.356 e. The summed E-state index contributed by atoms with van der Waals surface area (Å²) < 4.78 is 0. The van der Waals surface area contributed by atoms with Crippen LogP contribution >= 0.6 is 0 Å². The van der Waals surface area contributed by atoms with Crippen LogP contribution in [0, 0.1) is 5.92 Å². The van der Waals surface area contributed by atoms with E-state index in [2.05, 4.69) is 34.0 Å². The molecule has 0 aromatic carbocycles. The summed E-state index contributed by atoms with van der Waals surface area (Å²) in [5.74, 6) is 2.55. The van der Waals surface area contributed by atoms with E-state index in [1.165, 1.54) is 25.7 Å². The minimum absolute atomic E-state index is 0.0399. The van der Waals surface area contributed by atoms with Gasteiger partial charge >= 0.3 is 0 Å². The number of hydrogen-bond donors (Lipinski definition) is 2. The Hall–Kier alpha value is -1.36. The molecule has 1 unspecified atom stereocenters. The van der Waals surface area contributed by atoms with Gasteiger partial charge in [-0.1, -0.05) is 13.8 Å². The van der Waals surface area contributed by atoms with E-state index < -0.39 is 0 Å². The molecule has 1 atom stereocenters. The van der Waals surface area contributed by atoms with Crippen molar-refractivity contribution in [2.24, 2.45) is 5.92 Å². The van der Waals surface area contributed by atoms with Crippen LogP contribution in [0.5, 0.6) is 0 Å². The lowest BCUT2D eigenvalue weighted by Crippen LogP contribution is -2.41. The molecule has 1 saturated heterocycles. The first-order valence-corrected chi connectivity index (χ1v) is 8.21. The summed E-state index contributed by atoms with van der Waals surface area (Å²) in [6, 6.07) is 2.41. The molecule has 1 aliphatic carbocycles. The third-order valence-electron chi connectivity index (χ3n) is 4.41. The highest BCUT2D eigenvalue weighted by Gasteiger charge is 2.25. The molecule has 5 nitrogen and oxygen atoms in total. The maximum absolute atomic E-state index is 11.8. The van der Waals surface area contributed by atoms with E-state index in [1.54, 1.807) is 6.07 Å². The molecular formula is C16H26N4O. The summed E-state index contributed by atoms with van der Waals surface area (Å²) in [6.45, 7) is 7.23. The van der Waals surface area contributed by atoms with E-state index in [0.717, 1.165) is 37.3 Å². The molecule has 1 saturated carbocycles. The van der Waals surface area contributed by atoms with Crippen molar-refractivity contribution in [1.29, 1.82) is 0 Å². The molecule has 2 heterocycles. The van der Waals surface area contributed by atoms with Crippen LogP contribution < -0.4 is 15.8 Å². The van der Waals surface area contributed by atoms with Crippen molar-refractivity contribution in [2.45, 2.75) is 51.5 Å². The lowest BCUT2D eigenvalue weighted by atomic mass is 9.98. The fourth-order valence-corrected chi connectivity index (χ4v) is 2.96. The van der Waals surface area contributed by atoms with E-state index in [1.807, 2.05) is 0 Å². The number of nitrogens with zero attached hydrogens (tertiary/aromatic N) is 2. The van der Waals surface area contributed by atoms with E-state index in [-0.39, 0.29) is 11.5 Å². The summed E-state index contributed by atoms with van der Waals surface area (Å²) in [4.78, 5) is 21.6. The van der Waals surface area contributed by atoms with Gasteiger partial charge in [0, 0.05) is 31.1 Å². The Bertz CT molecular complexity index is 535. The van der Waals surface area contributed by atoms with Gasteiger partial charge in [-0.15, -0.1) is 0 Å². The Morgan fingerprint density at radius 2 is 2.24 bits per heavy atom. The standard InChI is InChI=1S/C16H26N4O/c1-11(2)16-18-14(8-15(21)19-16)20-7-3-4-12(10-20)9-17-13-5-6-13/h8,11-13,17H,3-7,9-10H2,1-2H3,(H,18,19,21). The zero-order valence-electron chi connectivity index (χ0n) is 13.1. The van der Waals surface area contributed by atoms with Gasteiger partial charge in [0.1, 0.15) is 11.6 Å². The summed E-state index contributed by atoms with van der Waals surface area (Å²) in [5, 5.41) is 3.62. The highest BCUT2D eigenvalue weighted by atomic mass is 16.1. The van der Waals surface area contributed by atoms with E-state index in [4.69, 9.17) is 0 Å². The van der Waals surface area contributed by atoms with Crippen LogP contribution in [0.25, 0.3) is 0 Å². The first-order chi connectivity index (χ1) is 10.1. The van der Waals surface area contributed by atoms with Crippen molar-refractivity contribution in [3.05, 3.63) is 22.2 Å². The van der Waals surface area contributed by atoms with Crippen molar-refractivity contribution in [3.8, 4) is 0 Å². The quantitative estimate of drug-likeness (QED) is 0.869. The second kappa shape index (κ2) is 6.18. The average molecular weight is 290 g/mol. The zero-order valence-corrected chi connectivity index (χ0v) is 13.1. The minimum Gasteiger partial charge on any atom is -0.356 e. The fourth-order valence-electron chi connectivity index (χ4n) is 2.96. The molecule has 1 aliphatic heterocycles. The molecule has 2 aliphatic rings. The third-order valence-corrected chi connectivity index (χ3v) is 4.41. The number of nitrogens with one attached hydrogen (secondary N) is 2. The summed E-state index contributed by atoms with van der Waals surface area (Å²) in [7, 11) is 0. The summed E-state index contributed by atoms with van der Waals surface area (Å²) >= 11 is 0. The van der Waals surface area contributed by atoms with Crippen LogP contribution in [-0.4, -0.2) is 35.6 Å². The smallest absolute Gasteiger partial charge is 0.252 e. The van der Waals surface area contributed by atoms with Gasteiger partial charge in [-0.2, -0.15) is 0 Å². The van der Waals surface area contributed by atoms with Crippen molar-refractivity contribution in [1.82, 2.24) is 15.3 Å². The van der Waals surface area contributed by atoms with Crippen molar-refractivity contribution in [3.63, 3.8) is 0 Å². The molecule has 0 bridgehead atoms. The number of aromatic nitrogens is 2. The second-order valence-electron chi connectivity index (χ2n) is 6.78. The van der Waals surface area contributed by atoms with Crippen LogP contribution in [0.1, 0.15) is 51.3 Å². The number of rotatable bonds is 5. The van der Waals surface area contributed by atoms with E-state index >= 15 is 0 Å². The molecule has 0 amide bonds. The van der Waals surface area contributed by atoms with Crippen molar-refractivity contribution < 1.29 is 0 Å². The Morgan fingerprint density at radius 3 is 2.95 bits per heavy atom. The molecule has 0 radical (unpaired) electrons. The minimum atomic E-state index is -0.0399. The average Bonchev–Trinajstić information content (AvgIpc) is 3.29. The molecular weight excluding hydrogens is 264 g/mol. The maximum atomic E-state index is 11.8. The molecule has 2 N–H and O–H groups in total. The lowest BCUT2D eigenvalue weighted by Gasteiger charge is -2.34. The van der Waals surface area contributed by atoms with Gasteiger partial charge in [0.05, 0.1) is 0 Å². The Morgan fingerprint density at radius 1 is 1.43 bits per heavy atom. The highest BCUT2D eigenvalue weighted by Crippen LogP contribution is 2.23. The molecule has 3 rings (SSSR count). The topological polar surface area (TPSA) is 61.0 Å². The molecule has 2 fully saturated rings. The SMILES string of the molecule is CC(C)c1nc(N2CCCC(CNC3CC3)C2)cc(=O)[nH]1. The first-order valence-electron chi connectivity index (χ1n) is 8.21. The number of piperidine rings is 1. The molecule has 116 valence electrons. The van der Waals surface area contributed by atoms with Crippen molar-refractivity contribution >= 4 is 5.82 Å². The van der Waals surface area contributed by atoms with Crippen LogP contribution in [0.2, 0.25) is 0 Å². The number of aromatic amines is 1. The molecule has 21 heavy (non-hydrogen) atoms. The lowest BCUT2D eigenvalue weighted by molar-refractivity contribution is 0.389. The van der Waals surface area contributed by atoms with Gasteiger partial charge in [0.2, 0.25) is 0 Å². The monoisotopic (exact) mass is 290 g/mol.